The fraction of sp³-hybridized carbons (Fsp3) is 0.700. The van der Waals surface area contributed by atoms with Gasteiger partial charge in [-0.1, -0.05) is 0 Å². The van der Waals surface area contributed by atoms with Crippen LogP contribution >= 0.6 is 11.8 Å². The minimum Gasteiger partial charge on any atom is -0.340 e. The van der Waals surface area contributed by atoms with E-state index in [0.29, 0.717) is 19.5 Å². The number of likely N-dealkylation sites (tertiary alicyclic amines) is 1. The molecule has 1 aliphatic rings. The number of hydrogen-bond acceptors (Lipinski definition) is 4. The van der Waals surface area contributed by atoms with E-state index in [1.165, 1.54) is 18.7 Å². The van der Waals surface area contributed by atoms with Gasteiger partial charge in [0.15, 0.2) is 0 Å². The first kappa shape index (κ1) is 12.2. The molecule has 84 valence electrons. The van der Waals surface area contributed by atoms with Gasteiger partial charge in [-0.15, -0.1) is 11.8 Å². The lowest BCUT2D eigenvalue weighted by Gasteiger charge is -2.20. The Kier molecular flexibility index (Phi) is 3.90. The zero-order chi connectivity index (χ0) is 11.5. The van der Waals surface area contributed by atoms with Crippen LogP contribution in [0.2, 0.25) is 0 Å². The largest absolute Gasteiger partial charge is 0.340 e. The van der Waals surface area contributed by atoms with Gasteiger partial charge >= 0.3 is 0 Å². The molecule has 0 aromatic rings. The van der Waals surface area contributed by atoms with Gasteiger partial charge in [-0.05, 0) is 13.2 Å². The van der Waals surface area contributed by atoms with Crippen molar-refractivity contribution in [2.75, 3.05) is 19.3 Å². The van der Waals surface area contributed by atoms with Crippen LogP contribution in [0.15, 0.2) is 0 Å². The van der Waals surface area contributed by atoms with Crippen LogP contribution < -0.4 is 0 Å². The van der Waals surface area contributed by atoms with E-state index in [1.54, 1.807) is 4.90 Å². The maximum absolute atomic E-state index is 11.6. The zero-order valence-electron chi connectivity index (χ0n) is 8.99. The van der Waals surface area contributed by atoms with Crippen molar-refractivity contribution in [1.82, 2.24) is 4.90 Å². The van der Waals surface area contributed by atoms with Gasteiger partial charge in [-0.3, -0.25) is 9.59 Å². The number of hydrogen-bond donors (Lipinski definition) is 0. The summed E-state index contributed by atoms with van der Waals surface area (Å²) in [4.78, 5) is 34.9. The lowest BCUT2D eigenvalue weighted by atomic mass is 10.1. The maximum Gasteiger partial charge on any atom is 0.224 e. The van der Waals surface area contributed by atoms with Crippen molar-refractivity contribution < 1.29 is 14.4 Å². The number of rotatable bonds is 5. The van der Waals surface area contributed by atoms with Crippen LogP contribution in [0.5, 0.6) is 0 Å². The second-order valence-electron chi connectivity index (χ2n) is 3.83. The van der Waals surface area contributed by atoms with Crippen LogP contribution in [0.3, 0.4) is 0 Å². The van der Waals surface area contributed by atoms with Crippen LogP contribution in [0.4, 0.5) is 0 Å². The molecule has 1 unspecified atom stereocenters. The minimum atomic E-state index is -0.589. The minimum absolute atomic E-state index is 0.0299. The first-order valence-corrected chi connectivity index (χ1v) is 6.04. The van der Waals surface area contributed by atoms with E-state index in [4.69, 9.17) is 0 Å². The molecular formula is C10H15NO3S. The molecule has 4 nitrogen and oxygen atoms in total. The number of carbonyl (C=O) groups is 3. The Morgan fingerprint density at radius 3 is 2.73 bits per heavy atom. The Hall–Kier alpha value is -0.840. The Balaban J connectivity index is 2.59. The molecule has 0 aromatic carbocycles. The third-order valence-electron chi connectivity index (χ3n) is 2.62. The Labute approximate surface area is 93.4 Å². The van der Waals surface area contributed by atoms with Crippen LogP contribution in [0.25, 0.3) is 0 Å². The zero-order valence-corrected chi connectivity index (χ0v) is 9.80. The highest BCUT2D eigenvalue weighted by molar-refractivity contribution is 8.00. The molecule has 1 aliphatic heterocycles. The van der Waals surface area contributed by atoms with Crippen molar-refractivity contribution in [1.29, 1.82) is 0 Å². The summed E-state index contributed by atoms with van der Waals surface area (Å²) < 4.78 is -0.589. The predicted molar refractivity (Wildman–Crippen MR) is 58.8 cm³/mol. The van der Waals surface area contributed by atoms with Gasteiger partial charge in [0.05, 0.1) is 4.75 Å². The van der Waals surface area contributed by atoms with E-state index in [0.717, 1.165) is 6.29 Å². The fourth-order valence-electron chi connectivity index (χ4n) is 1.59. The van der Waals surface area contributed by atoms with Crippen molar-refractivity contribution in [3.63, 3.8) is 0 Å². The molecule has 0 bridgehead atoms. The highest BCUT2D eigenvalue weighted by atomic mass is 32.2. The lowest BCUT2D eigenvalue weighted by Crippen LogP contribution is -2.33. The molecule has 0 aromatic heterocycles. The standard InChI is InChI=1S/C10H15NO3S/c1-8(13)3-4-11-6-10(7-12,15-2)5-9(11)14/h7H,3-6H2,1-2H3. The summed E-state index contributed by atoms with van der Waals surface area (Å²) >= 11 is 1.41. The summed E-state index contributed by atoms with van der Waals surface area (Å²) in [5, 5.41) is 0. The predicted octanol–water partition coefficient (Wildman–Crippen LogP) is 0.498. The van der Waals surface area contributed by atoms with Crippen LogP contribution in [-0.2, 0) is 14.4 Å². The number of ketones is 1. The normalized spacial score (nSPS) is 25.7. The Bertz CT molecular complexity index is 292. The number of nitrogens with zero attached hydrogens (tertiary/aromatic N) is 1. The van der Waals surface area contributed by atoms with E-state index in [9.17, 15) is 14.4 Å². The summed E-state index contributed by atoms with van der Waals surface area (Å²) in [5.41, 5.74) is 0. The highest BCUT2D eigenvalue weighted by Gasteiger charge is 2.42. The van der Waals surface area contributed by atoms with Crippen LogP contribution in [0.1, 0.15) is 19.8 Å². The van der Waals surface area contributed by atoms with Crippen molar-refractivity contribution in [3.05, 3.63) is 0 Å². The maximum atomic E-state index is 11.6. The summed E-state index contributed by atoms with van der Waals surface area (Å²) in [6.45, 7) is 2.37. The van der Waals surface area contributed by atoms with Gasteiger partial charge in [-0.2, -0.15) is 0 Å². The van der Waals surface area contributed by atoms with Crippen molar-refractivity contribution >= 4 is 29.7 Å². The smallest absolute Gasteiger partial charge is 0.224 e. The second-order valence-corrected chi connectivity index (χ2v) is 5.05. The molecule has 1 fully saturated rings. The molecule has 0 spiro atoms. The topological polar surface area (TPSA) is 54.5 Å². The Morgan fingerprint density at radius 2 is 2.33 bits per heavy atom. The van der Waals surface area contributed by atoms with Crippen molar-refractivity contribution in [3.8, 4) is 0 Å². The molecule has 0 aliphatic carbocycles. The van der Waals surface area contributed by atoms with Gasteiger partial charge < -0.3 is 9.69 Å². The summed E-state index contributed by atoms with van der Waals surface area (Å²) in [5.74, 6) is 0.0354. The summed E-state index contributed by atoms with van der Waals surface area (Å²) in [6, 6.07) is 0. The van der Waals surface area contributed by atoms with E-state index in [1.807, 2.05) is 6.26 Å². The van der Waals surface area contributed by atoms with Crippen molar-refractivity contribution in [2.24, 2.45) is 0 Å². The molecule has 0 saturated carbocycles. The Morgan fingerprint density at radius 1 is 1.67 bits per heavy atom. The lowest BCUT2D eigenvalue weighted by molar-refractivity contribution is -0.128. The van der Waals surface area contributed by atoms with Gasteiger partial charge in [0, 0.05) is 25.9 Å². The number of thioether (sulfide) groups is 1. The van der Waals surface area contributed by atoms with E-state index >= 15 is 0 Å². The van der Waals surface area contributed by atoms with E-state index in [-0.39, 0.29) is 18.1 Å². The summed E-state index contributed by atoms with van der Waals surface area (Å²) in [7, 11) is 0. The molecule has 1 saturated heterocycles. The number of aldehydes is 1. The van der Waals surface area contributed by atoms with Crippen molar-refractivity contribution in [2.45, 2.75) is 24.5 Å². The SMILES string of the molecule is CSC1(C=O)CC(=O)N(CCC(C)=O)C1. The quantitative estimate of drug-likeness (QED) is 0.644. The number of carbonyl (C=O) groups excluding carboxylic acids is 3. The molecule has 15 heavy (non-hydrogen) atoms. The van der Waals surface area contributed by atoms with Gasteiger partial charge in [0.1, 0.15) is 12.1 Å². The average Bonchev–Trinajstić information content (AvgIpc) is 2.53. The number of Topliss-reactive ketones (excluding diaryl/α,β-unsaturated/α-hetero) is 1. The van der Waals surface area contributed by atoms with Gasteiger partial charge in [-0.25, -0.2) is 0 Å². The molecule has 1 amide bonds. The van der Waals surface area contributed by atoms with Gasteiger partial charge in [0.25, 0.3) is 0 Å². The molecule has 1 heterocycles. The molecule has 0 N–H and O–H groups in total. The van der Waals surface area contributed by atoms with E-state index < -0.39 is 4.75 Å². The third kappa shape index (κ3) is 2.81. The van der Waals surface area contributed by atoms with Gasteiger partial charge in [0.2, 0.25) is 5.91 Å². The third-order valence-corrected chi connectivity index (χ3v) is 3.80. The molecule has 1 atom stereocenters. The fourth-order valence-corrected chi connectivity index (χ4v) is 2.24. The highest BCUT2D eigenvalue weighted by Crippen LogP contribution is 2.32. The first-order valence-electron chi connectivity index (χ1n) is 4.82. The van der Waals surface area contributed by atoms with Crippen LogP contribution in [-0.4, -0.2) is 47.0 Å². The number of amides is 1. The summed E-state index contributed by atoms with van der Waals surface area (Å²) in [6.07, 6.45) is 3.31. The molecule has 1 rings (SSSR count). The molecular weight excluding hydrogens is 214 g/mol. The molecule has 0 radical (unpaired) electrons. The van der Waals surface area contributed by atoms with E-state index in [2.05, 4.69) is 0 Å². The second kappa shape index (κ2) is 4.79. The van der Waals surface area contributed by atoms with Crippen LogP contribution in [0, 0.1) is 0 Å². The average molecular weight is 229 g/mol. The molecule has 5 heteroatoms. The monoisotopic (exact) mass is 229 g/mol. The first-order chi connectivity index (χ1) is 7.03.